The minimum atomic E-state index is 0.432. The van der Waals surface area contributed by atoms with E-state index in [1.165, 1.54) is 6.42 Å². The van der Waals surface area contributed by atoms with E-state index in [0.29, 0.717) is 29.2 Å². The van der Waals surface area contributed by atoms with Crippen molar-refractivity contribution in [2.45, 2.75) is 18.9 Å². The van der Waals surface area contributed by atoms with Crippen LogP contribution in [-0.4, -0.2) is 48.3 Å². The summed E-state index contributed by atoms with van der Waals surface area (Å²) in [5, 5.41) is 6.90. The van der Waals surface area contributed by atoms with Gasteiger partial charge in [0.05, 0.1) is 26.6 Å². The van der Waals surface area contributed by atoms with Gasteiger partial charge >= 0.3 is 0 Å². The molecule has 3 heterocycles. The van der Waals surface area contributed by atoms with Gasteiger partial charge in [0.1, 0.15) is 22.9 Å². The first-order valence-electron chi connectivity index (χ1n) is 9.91. The number of pyridine rings is 1. The predicted molar refractivity (Wildman–Crippen MR) is 114 cm³/mol. The van der Waals surface area contributed by atoms with Gasteiger partial charge in [-0.1, -0.05) is 0 Å². The molecule has 2 aromatic heterocycles. The van der Waals surface area contributed by atoms with Gasteiger partial charge in [-0.25, -0.2) is 4.98 Å². The van der Waals surface area contributed by atoms with Gasteiger partial charge in [0.25, 0.3) is 0 Å². The summed E-state index contributed by atoms with van der Waals surface area (Å²) < 4.78 is 16.6. The van der Waals surface area contributed by atoms with Gasteiger partial charge in [0, 0.05) is 24.3 Å². The first-order chi connectivity index (χ1) is 14.7. The Morgan fingerprint density at radius 3 is 2.57 bits per heavy atom. The maximum Gasteiger partial charge on any atom is 0.246 e. The molecule has 1 aliphatic heterocycles. The van der Waals surface area contributed by atoms with E-state index in [0.717, 1.165) is 36.5 Å². The summed E-state index contributed by atoms with van der Waals surface area (Å²) in [6, 6.07) is 9.65. The minimum absolute atomic E-state index is 0.432. The van der Waals surface area contributed by atoms with Crippen LogP contribution >= 0.6 is 0 Å². The van der Waals surface area contributed by atoms with Crippen LogP contribution in [0, 0.1) is 0 Å². The highest BCUT2D eigenvalue weighted by Crippen LogP contribution is 2.31. The van der Waals surface area contributed by atoms with Crippen molar-refractivity contribution in [1.29, 1.82) is 0 Å². The highest BCUT2D eigenvalue weighted by molar-refractivity contribution is 5.61. The zero-order valence-corrected chi connectivity index (χ0v) is 17.1. The molecule has 0 bridgehead atoms. The lowest BCUT2D eigenvalue weighted by molar-refractivity contribution is 0.412. The zero-order chi connectivity index (χ0) is 20.8. The summed E-state index contributed by atoms with van der Waals surface area (Å²) in [7, 11) is 3.23. The summed E-state index contributed by atoms with van der Waals surface area (Å²) >= 11 is 0. The smallest absolute Gasteiger partial charge is 0.246 e. The number of anilines is 1. The van der Waals surface area contributed by atoms with Crippen LogP contribution in [-0.2, 0) is 0 Å². The molecule has 30 heavy (non-hydrogen) atoms. The van der Waals surface area contributed by atoms with Crippen molar-refractivity contribution in [2.24, 2.45) is 0 Å². The molecule has 0 aliphatic carbocycles. The quantitative estimate of drug-likeness (QED) is 0.586. The molecule has 1 aromatic carbocycles. The monoisotopic (exact) mass is 407 g/mol. The van der Waals surface area contributed by atoms with E-state index in [1.54, 1.807) is 32.8 Å². The highest BCUT2D eigenvalue weighted by Gasteiger charge is 2.17. The summed E-state index contributed by atoms with van der Waals surface area (Å²) in [5.41, 5.74) is 1.48. The fourth-order valence-electron chi connectivity index (χ4n) is 3.28. The number of ether oxygens (including phenoxy) is 3. The Morgan fingerprint density at radius 1 is 1.03 bits per heavy atom. The average molecular weight is 407 g/mol. The first kappa shape index (κ1) is 19.9. The second-order valence-corrected chi connectivity index (χ2v) is 6.98. The largest absolute Gasteiger partial charge is 0.497 e. The van der Waals surface area contributed by atoms with Crippen molar-refractivity contribution >= 4 is 5.69 Å². The number of nitrogens with one attached hydrogen (secondary N) is 2. The molecule has 0 amide bonds. The molecule has 8 nitrogen and oxygen atoms in total. The molecule has 2 N–H and O–H groups in total. The fourth-order valence-corrected chi connectivity index (χ4v) is 3.28. The van der Waals surface area contributed by atoms with Crippen LogP contribution in [0.2, 0.25) is 0 Å². The molecule has 0 unspecified atom stereocenters. The zero-order valence-electron chi connectivity index (χ0n) is 17.1. The molecule has 0 radical (unpaired) electrons. The normalized spacial score (nSPS) is 15.6. The van der Waals surface area contributed by atoms with E-state index in [4.69, 9.17) is 14.2 Å². The molecule has 1 saturated heterocycles. The average Bonchev–Trinajstić information content (AvgIpc) is 3.32. The molecule has 1 aliphatic rings. The first-order valence-corrected chi connectivity index (χ1v) is 9.91. The lowest BCUT2D eigenvalue weighted by Gasteiger charge is -2.16. The topological polar surface area (TPSA) is 90.4 Å². The summed E-state index contributed by atoms with van der Waals surface area (Å²) in [6.45, 7) is 1.84. The van der Waals surface area contributed by atoms with Gasteiger partial charge in [0.2, 0.25) is 5.88 Å². The molecule has 4 rings (SSSR count). The predicted octanol–water partition coefficient (Wildman–Crippen LogP) is 3.51. The second kappa shape index (κ2) is 9.41. The van der Waals surface area contributed by atoms with E-state index in [2.05, 4.69) is 25.6 Å². The Labute approximate surface area is 175 Å². The standard InChI is InChI=1S/C22H25N5O3/c1-28-17-5-7-18(8-6-17)30-22-20(25-12-16-4-3-9-24-16)14-26-21(27-22)15-10-19(29-2)13-23-11-15/h5-8,10-11,13-14,16,24-25H,3-4,9,12H2,1-2H3/t16-/m0/s1. The van der Waals surface area contributed by atoms with E-state index >= 15 is 0 Å². The van der Waals surface area contributed by atoms with Gasteiger partial charge in [-0.3, -0.25) is 4.98 Å². The third-order valence-corrected chi connectivity index (χ3v) is 4.94. The molecule has 1 atom stereocenters. The number of hydrogen-bond donors (Lipinski definition) is 2. The van der Waals surface area contributed by atoms with Crippen molar-refractivity contribution in [3.05, 3.63) is 48.9 Å². The number of nitrogens with zero attached hydrogens (tertiary/aromatic N) is 3. The SMILES string of the molecule is COc1ccc(Oc2nc(-c3cncc(OC)c3)ncc2NC[C@@H]2CCCN2)cc1. The van der Waals surface area contributed by atoms with Crippen LogP contribution in [0.3, 0.4) is 0 Å². The molecule has 3 aromatic rings. The van der Waals surface area contributed by atoms with Gasteiger partial charge in [-0.15, -0.1) is 0 Å². The van der Waals surface area contributed by atoms with Crippen molar-refractivity contribution < 1.29 is 14.2 Å². The summed E-state index contributed by atoms with van der Waals surface area (Å²) in [6.07, 6.45) is 7.43. The van der Waals surface area contributed by atoms with Gasteiger partial charge in [0.15, 0.2) is 5.82 Å². The summed E-state index contributed by atoms with van der Waals surface area (Å²) in [4.78, 5) is 13.4. The lowest BCUT2D eigenvalue weighted by Crippen LogP contribution is -2.29. The highest BCUT2D eigenvalue weighted by atomic mass is 16.5. The number of benzene rings is 1. The number of rotatable bonds is 8. The Hall–Kier alpha value is -3.39. The molecule has 8 heteroatoms. The van der Waals surface area contributed by atoms with Crippen LogP contribution in [0.1, 0.15) is 12.8 Å². The number of methoxy groups -OCH3 is 2. The Bertz CT molecular complexity index is 975. The van der Waals surface area contributed by atoms with Gasteiger partial charge in [-0.2, -0.15) is 4.98 Å². The molecular weight excluding hydrogens is 382 g/mol. The number of hydrogen-bond acceptors (Lipinski definition) is 8. The molecule has 0 spiro atoms. The van der Waals surface area contributed by atoms with Crippen LogP contribution in [0.5, 0.6) is 23.1 Å². The van der Waals surface area contributed by atoms with E-state index in [1.807, 2.05) is 30.3 Å². The van der Waals surface area contributed by atoms with Crippen LogP contribution < -0.4 is 24.8 Å². The molecule has 1 fully saturated rings. The maximum absolute atomic E-state index is 6.10. The Morgan fingerprint density at radius 2 is 1.83 bits per heavy atom. The third kappa shape index (κ3) is 4.77. The fraction of sp³-hybridized carbons (Fsp3) is 0.318. The van der Waals surface area contributed by atoms with Crippen molar-refractivity contribution in [2.75, 3.05) is 32.6 Å². The third-order valence-electron chi connectivity index (χ3n) is 4.94. The van der Waals surface area contributed by atoms with Crippen molar-refractivity contribution in [3.8, 4) is 34.5 Å². The van der Waals surface area contributed by atoms with E-state index in [-0.39, 0.29) is 0 Å². The lowest BCUT2D eigenvalue weighted by atomic mass is 10.2. The van der Waals surface area contributed by atoms with Gasteiger partial charge in [-0.05, 0) is 49.7 Å². The van der Waals surface area contributed by atoms with Crippen molar-refractivity contribution in [3.63, 3.8) is 0 Å². The van der Waals surface area contributed by atoms with Gasteiger partial charge < -0.3 is 24.8 Å². The molecular formula is C22H25N5O3. The van der Waals surface area contributed by atoms with E-state index in [9.17, 15) is 0 Å². The Balaban J connectivity index is 1.62. The maximum atomic E-state index is 6.10. The second-order valence-electron chi connectivity index (χ2n) is 6.98. The van der Waals surface area contributed by atoms with Crippen molar-refractivity contribution in [1.82, 2.24) is 20.3 Å². The van der Waals surface area contributed by atoms with E-state index < -0.39 is 0 Å². The summed E-state index contributed by atoms with van der Waals surface area (Å²) in [5.74, 6) is 3.02. The molecule has 156 valence electrons. The Kier molecular flexibility index (Phi) is 6.24. The van der Waals surface area contributed by atoms with Crippen LogP contribution in [0.25, 0.3) is 11.4 Å². The molecule has 0 saturated carbocycles. The minimum Gasteiger partial charge on any atom is -0.497 e. The number of aromatic nitrogens is 3. The van der Waals surface area contributed by atoms with Crippen LogP contribution in [0.4, 0.5) is 5.69 Å². The van der Waals surface area contributed by atoms with Crippen LogP contribution in [0.15, 0.2) is 48.9 Å².